The van der Waals surface area contributed by atoms with Crippen molar-refractivity contribution in [3.63, 3.8) is 0 Å². The van der Waals surface area contributed by atoms with Crippen molar-refractivity contribution in [3.05, 3.63) is 0 Å². The molecule has 0 unspecified atom stereocenters. The summed E-state index contributed by atoms with van der Waals surface area (Å²) < 4.78 is 0. The quantitative estimate of drug-likeness (QED) is 0.566. The maximum Gasteiger partial charge on any atom is 0.314 e. The smallest absolute Gasteiger partial charge is 0.314 e. The first kappa shape index (κ1) is 17.8. The SMILES string of the molecule is CCC(CC)(CNC(=O)NCCCN1CCCC1)C(=O)O. The van der Waals surface area contributed by atoms with Crippen LogP contribution < -0.4 is 10.6 Å². The van der Waals surface area contributed by atoms with E-state index in [-0.39, 0.29) is 12.6 Å². The minimum Gasteiger partial charge on any atom is -0.481 e. The molecule has 6 nitrogen and oxygen atoms in total. The van der Waals surface area contributed by atoms with Gasteiger partial charge in [-0.15, -0.1) is 0 Å². The molecule has 0 bridgehead atoms. The number of hydrogen-bond acceptors (Lipinski definition) is 3. The van der Waals surface area contributed by atoms with Crippen LogP contribution in [0.4, 0.5) is 4.79 Å². The van der Waals surface area contributed by atoms with Gasteiger partial charge in [0.05, 0.1) is 5.41 Å². The molecule has 0 aromatic carbocycles. The third kappa shape index (κ3) is 5.53. The Balaban J connectivity index is 2.18. The van der Waals surface area contributed by atoms with Crippen LogP contribution in [-0.4, -0.2) is 54.7 Å². The van der Waals surface area contributed by atoms with Crippen LogP contribution in [0, 0.1) is 5.41 Å². The van der Waals surface area contributed by atoms with E-state index < -0.39 is 11.4 Å². The summed E-state index contributed by atoms with van der Waals surface area (Å²) in [5, 5.41) is 14.8. The van der Waals surface area contributed by atoms with Gasteiger partial charge in [0, 0.05) is 13.1 Å². The van der Waals surface area contributed by atoms with Gasteiger partial charge in [0.15, 0.2) is 0 Å². The number of likely N-dealkylation sites (tertiary alicyclic amines) is 1. The van der Waals surface area contributed by atoms with E-state index in [0.717, 1.165) is 13.0 Å². The molecular formula is C15H29N3O3. The Hall–Kier alpha value is -1.30. The lowest BCUT2D eigenvalue weighted by atomic mass is 9.82. The minimum absolute atomic E-state index is 0.174. The normalized spacial score (nSPS) is 15.9. The highest BCUT2D eigenvalue weighted by molar-refractivity contribution is 5.78. The number of carbonyl (C=O) groups excluding carboxylic acids is 1. The number of carboxylic acids is 1. The van der Waals surface area contributed by atoms with Crippen LogP contribution in [-0.2, 0) is 4.79 Å². The predicted molar refractivity (Wildman–Crippen MR) is 82.3 cm³/mol. The van der Waals surface area contributed by atoms with Gasteiger partial charge in [-0.1, -0.05) is 13.8 Å². The highest BCUT2D eigenvalue weighted by atomic mass is 16.4. The summed E-state index contributed by atoms with van der Waals surface area (Å²) in [6, 6.07) is -0.274. The molecule has 0 aromatic rings. The fourth-order valence-corrected chi connectivity index (χ4v) is 2.70. The number of amides is 2. The first-order chi connectivity index (χ1) is 10.0. The van der Waals surface area contributed by atoms with Gasteiger partial charge < -0.3 is 20.6 Å². The van der Waals surface area contributed by atoms with Crippen molar-refractivity contribution < 1.29 is 14.7 Å². The molecule has 1 aliphatic rings. The van der Waals surface area contributed by atoms with Crippen molar-refractivity contribution in [1.82, 2.24) is 15.5 Å². The third-order valence-electron chi connectivity index (χ3n) is 4.53. The second-order valence-corrected chi connectivity index (χ2v) is 5.80. The molecule has 0 saturated carbocycles. The van der Waals surface area contributed by atoms with Gasteiger partial charge in [-0.05, 0) is 51.7 Å². The monoisotopic (exact) mass is 299 g/mol. The molecular weight excluding hydrogens is 270 g/mol. The van der Waals surface area contributed by atoms with E-state index in [1.165, 1.54) is 25.9 Å². The zero-order valence-corrected chi connectivity index (χ0v) is 13.3. The topological polar surface area (TPSA) is 81.7 Å². The average Bonchev–Trinajstić information content (AvgIpc) is 2.98. The molecule has 6 heteroatoms. The van der Waals surface area contributed by atoms with Gasteiger partial charge in [-0.25, -0.2) is 4.79 Å². The number of aliphatic carboxylic acids is 1. The zero-order valence-electron chi connectivity index (χ0n) is 13.3. The lowest BCUT2D eigenvalue weighted by Gasteiger charge is -2.26. The Kier molecular flexibility index (Phi) is 7.50. The summed E-state index contributed by atoms with van der Waals surface area (Å²) in [6.45, 7) is 7.83. The molecule has 0 spiro atoms. The summed E-state index contributed by atoms with van der Waals surface area (Å²) in [7, 11) is 0. The fourth-order valence-electron chi connectivity index (χ4n) is 2.70. The van der Waals surface area contributed by atoms with E-state index in [1.807, 2.05) is 13.8 Å². The zero-order chi connectivity index (χ0) is 15.7. The maximum absolute atomic E-state index is 11.7. The van der Waals surface area contributed by atoms with Crippen LogP contribution in [0.1, 0.15) is 46.0 Å². The van der Waals surface area contributed by atoms with Crippen LogP contribution in [0.2, 0.25) is 0 Å². The number of hydrogen-bond donors (Lipinski definition) is 3. The van der Waals surface area contributed by atoms with Gasteiger partial charge in [-0.2, -0.15) is 0 Å². The van der Waals surface area contributed by atoms with E-state index in [2.05, 4.69) is 15.5 Å². The molecule has 122 valence electrons. The van der Waals surface area contributed by atoms with Crippen molar-refractivity contribution in [2.24, 2.45) is 5.41 Å². The van der Waals surface area contributed by atoms with Gasteiger partial charge in [0.25, 0.3) is 0 Å². The largest absolute Gasteiger partial charge is 0.481 e. The molecule has 0 radical (unpaired) electrons. The average molecular weight is 299 g/mol. The van der Waals surface area contributed by atoms with Crippen LogP contribution in [0.25, 0.3) is 0 Å². The van der Waals surface area contributed by atoms with E-state index >= 15 is 0 Å². The van der Waals surface area contributed by atoms with Gasteiger partial charge in [0.2, 0.25) is 0 Å². The van der Waals surface area contributed by atoms with Crippen LogP contribution in [0.3, 0.4) is 0 Å². The number of carboxylic acid groups (broad SMARTS) is 1. The Morgan fingerprint density at radius 1 is 1.14 bits per heavy atom. The number of urea groups is 1. The standard InChI is InChI=1S/C15H29N3O3/c1-3-15(4-2,13(19)20)12-17-14(21)16-8-7-11-18-9-5-6-10-18/h3-12H2,1-2H3,(H,19,20)(H2,16,17,21). The minimum atomic E-state index is -0.854. The first-order valence-corrected chi connectivity index (χ1v) is 8.01. The Bertz CT molecular complexity index is 337. The van der Waals surface area contributed by atoms with E-state index in [0.29, 0.717) is 19.4 Å². The molecule has 2 amide bonds. The molecule has 1 fully saturated rings. The van der Waals surface area contributed by atoms with Crippen molar-refractivity contribution in [3.8, 4) is 0 Å². The second kappa shape index (κ2) is 8.87. The van der Waals surface area contributed by atoms with Crippen molar-refractivity contribution in [2.75, 3.05) is 32.7 Å². The van der Waals surface area contributed by atoms with Crippen LogP contribution in [0.5, 0.6) is 0 Å². The van der Waals surface area contributed by atoms with Crippen LogP contribution in [0.15, 0.2) is 0 Å². The third-order valence-corrected chi connectivity index (χ3v) is 4.53. The second-order valence-electron chi connectivity index (χ2n) is 5.80. The highest BCUT2D eigenvalue weighted by Gasteiger charge is 2.35. The van der Waals surface area contributed by atoms with Crippen molar-refractivity contribution in [1.29, 1.82) is 0 Å². The summed E-state index contributed by atoms with van der Waals surface area (Å²) in [4.78, 5) is 25.4. The lowest BCUT2D eigenvalue weighted by molar-refractivity contribution is -0.149. The number of nitrogens with one attached hydrogen (secondary N) is 2. The maximum atomic E-state index is 11.7. The van der Waals surface area contributed by atoms with Gasteiger partial charge in [-0.3, -0.25) is 4.79 Å². The molecule has 1 rings (SSSR count). The molecule has 21 heavy (non-hydrogen) atoms. The number of carbonyl (C=O) groups is 2. The summed E-state index contributed by atoms with van der Waals surface area (Å²) >= 11 is 0. The van der Waals surface area contributed by atoms with Gasteiger partial charge in [0.1, 0.15) is 0 Å². The van der Waals surface area contributed by atoms with E-state index in [9.17, 15) is 14.7 Å². The summed E-state index contributed by atoms with van der Waals surface area (Å²) in [6.07, 6.45) is 4.50. The Morgan fingerprint density at radius 2 is 1.76 bits per heavy atom. The predicted octanol–water partition coefficient (Wildman–Crippen LogP) is 1.66. The van der Waals surface area contributed by atoms with Crippen molar-refractivity contribution >= 4 is 12.0 Å². The van der Waals surface area contributed by atoms with E-state index in [4.69, 9.17) is 0 Å². The Labute approximate surface area is 127 Å². The first-order valence-electron chi connectivity index (χ1n) is 8.01. The number of nitrogens with zero attached hydrogens (tertiary/aromatic N) is 1. The summed E-state index contributed by atoms with van der Waals surface area (Å²) in [5.41, 5.74) is -0.854. The number of rotatable bonds is 9. The fraction of sp³-hybridized carbons (Fsp3) is 0.867. The Morgan fingerprint density at radius 3 is 2.29 bits per heavy atom. The van der Waals surface area contributed by atoms with E-state index in [1.54, 1.807) is 0 Å². The summed E-state index contributed by atoms with van der Waals surface area (Å²) in [5.74, 6) is -0.846. The molecule has 1 heterocycles. The molecule has 3 N–H and O–H groups in total. The molecule has 0 aliphatic carbocycles. The molecule has 0 aromatic heterocycles. The molecule has 1 saturated heterocycles. The van der Waals surface area contributed by atoms with Crippen LogP contribution >= 0.6 is 0 Å². The highest BCUT2D eigenvalue weighted by Crippen LogP contribution is 2.25. The van der Waals surface area contributed by atoms with Crippen molar-refractivity contribution in [2.45, 2.75) is 46.0 Å². The van der Waals surface area contributed by atoms with Gasteiger partial charge >= 0.3 is 12.0 Å². The lowest BCUT2D eigenvalue weighted by Crippen LogP contribution is -2.46. The molecule has 1 aliphatic heterocycles. The molecule has 0 atom stereocenters.